The molecule has 3 aromatic rings. The topological polar surface area (TPSA) is 90.0 Å². The van der Waals surface area contributed by atoms with Crippen LogP contribution in [0.25, 0.3) is 5.69 Å². The number of fused-ring (bicyclic) bond motifs is 3. The number of nitriles is 1. The van der Waals surface area contributed by atoms with Crippen molar-refractivity contribution in [2.75, 3.05) is 42.5 Å². The largest absolute Gasteiger partial charge is 0.354 e. The standard InChI is InChI=1S/C25H26ClN9/c1-17-22(29-7-6-28-17)33-13-25(14-33)15-34(16-25)23-31-30-21-10-32(12-24(11-27)4-5-24)9-18-8-19(26)2-3-20(18)35(21)23/h2-3,6-8H,4-5,9-10,12-16H2,1H3. The fraction of sp³-hybridized carbons (Fsp3) is 0.480. The van der Waals surface area contributed by atoms with Gasteiger partial charge in [-0.05, 0) is 43.5 Å². The summed E-state index contributed by atoms with van der Waals surface area (Å²) in [6.45, 7) is 8.05. The first kappa shape index (κ1) is 21.1. The van der Waals surface area contributed by atoms with Gasteiger partial charge in [0.1, 0.15) is 5.82 Å². The zero-order chi connectivity index (χ0) is 23.8. The molecule has 9 nitrogen and oxygen atoms in total. The Kier molecular flexibility index (Phi) is 4.45. The van der Waals surface area contributed by atoms with Crippen molar-refractivity contribution in [1.29, 1.82) is 5.26 Å². The summed E-state index contributed by atoms with van der Waals surface area (Å²) in [4.78, 5) is 15.9. The van der Waals surface area contributed by atoms with Crippen molar-refractivity contribution in [3.8, 4) is 11.8 Å². The number of benzene rings is 1. The number of nitrogens with zero attached hydrogens (tertiary/aromatic N) is 9. The number of aromatic nitrogens is 5. The minimum atomic E-state index is -0.210. The van der Waals surface area contributed by atoms with Gasteiger partial charge in [-0.1, -0.05) is 11.6 Å². The van der Waals surface area contributed by atoms with E-state index in [0.29, 0.717) is 6.54 Å². The number of hydrogen-bond donors (Lipinski definition) is 0. The van der Waals surface area contributed by atoms with E-state index in [1.165, 1.54) is 0 Å². The van der Waals surface area contributed by atoms with Gasteiger partial charge >= 0.3 is 0 Å². The fourth-order valence-corrected chi connectivity index (χ4v) is 6.18. The molecule has 0 radical (unpaired) electrons. The van der Waals surface area contributed by atoms with Crippen LogP contribution >= 0.6 is 11.6 Å². The van der Waals surface area contributed by atoms with E-state index in [-0.39, 0.29) is 10.8 Å². The van der Waals surface area contributed by atoms with E-state index in [0.717, 1.165) is 91.7 Å². The highest BCUT2D eigenvalue weighted by atomic mass is 35.5. The van der Waals surface area contributed by atoms with Crippen molar-refractivity contribution in [2.45, 2.75) is 32.9 Å². The molecule has 35 heavy (non-hydrogen) atoms. The van der Waals surface area contributed by atoms with Crippen LogP contribution in [-0.2, 0) is 13.1 Å². The van der Waals surface area contributed by atoms with Gasteiger partial charge < -0.3 is 9.80 Å². The maximum atomic E-state index is 9.64. The van der Waals surface area contributed by atoms with E-state index in [1.807, 2.05) is 19.1 Å². The third-order valence-corrected chi connectivity index (χ3v) is 8.15. The minimum absolute atomic E-state index is 0.210. The highest BCUT2D eigenvalue weighted by Crippen LogP contribution is 2.47. The molecule has 0 N–H and O–H groups in total. The Morgan fingerprint density at radius 2 is 1.80 bits per heavy atom. The van der Waals surface area contributed by atoms with Crippen LogP contribution in [-0.4, -0.2) is 62.4 Å². The first-order valence-electron chi connectivity index (χ1n) is 12.1. The highest BCUT2D eigenvalue weighted by molar-refractivity contribution is 6.30. The second kappa shape index (κ2) is 7.39. The van der Waals surface area contributed by atoms with E-state index in [9.17, 15) is 5.26 Å². The van der Waals surface area contributed by atoms with Crippen molar-refractivity contribution >= 4 is 23.4 Å². The maximum Gasteiger partial charge on any atom is 0.231 e. The van der Waals surface area contributed by atoms with Gasteiger partial charge in [0.05, 0.1) is 29.4 Å². The second-order valence-corrected chi connectivity index (χ2v) is 11.2. The number of rotatable bonds is 4. The van der Waals surface area contributed by atoms with Gasteiger partial charge in [0.2, 0.25) is 5.95 Å². The van der Waals surface area contributed by atoms with Crippen LogP contribution in [0.5, 0.6) is 0 Å². The van der Waals surface area contributed by atoms with Crippen molar-refractivity contribution in [1.82, 2.24) is 29.6 Å². The summed E-state index contributed by atoms with van der Waals surface area (Å²) >= 11 is 6.40. The molecule has 0 amide bonds. The quantitative estimate of drug-likeness (QED) is 0.555. The Labute approximate surface area is 209 Å². The lowest BCUT2D eigenvalue weighted by Gasteiger charge is -2.60. The summed E-state index contributed by atoms with van der Waals surface area (Å²) in [5.74, 6) is 2.80. The molecule has 1 spiro atoms. The van der Waals surface area contributed by atoms with Crippen LogP contribution in [0.15, 0.2) is 30.6 Å². The fourth-order valence-electron chi connectivity index (χ4n) is 5.98. The Morgan fingerprint density at radius 3 is 2.54 bits per heavy atom. The summed E-state index contributed by atoms with van der Waals surface area (Å²) < 4.78 is 2.20. The molecule has 0 atom stereocenters. The van der Waals surface area contributed by atoms with E-state index in [1.54, 1.807) is 12.4 Å². The number of hydrogen-bond acceptors (Lipinski definition) is 8. The van der Waals surface area contributed by atoms with Crippen LogP contribution in [0, 0.1) is 29.1 Å². The van der Waals surface area contributed by atoms with Crippen molar-refractivity contribution in [3.63, 3.8) is 0 Å². The lowest BCUT2D eigenvalue weighted by molar-refractivity contribution is 0.153. The Balaban J connectivity index is 1.14. The van der Waals surface area contributed by atoms with Gasteiger partial charge in [0.25, 0.3) is 0 Å². The Hall–Kier alpha value is -3.22. The molecule has 1 aromatic carbocycles. The summed E-state index contributed by atoms with van der Waals surface area (Å²) in [5, 5.41) is 19.6. The van der Waals surface area contributed by atoms with Crippen molar-refractivity contribution < 1.29 is 0 Å². The SMILES string of the molecule is Cc1nccnc1N1CC2(C1)CN(c1nnc3n1-c1ccc(Cl)cc1CN(CC1(C#N)CC1)C3)C2. The molecular formula is C25H26ClN9. The van der Waals surface area contributed by atoms with Gasteiger partial charge in [0.15, 0.2) is 5.82 Å². The zero-order valence-corrected chi connectivity index (χ0v) is 20.4. The van der Waals surface area contributed by atoms with Crippen molar-refractivity contribution in [2.24, 2.45) is 10.8 Å². The molecule has 3 fully saturated rings. The predicted octanol–water partition coefficient (Wildman–Crippen LogP) is 2.97. The lowest BCUT2D eigenvalue weighted by Crippen LogP contribution is -2.73. The second-order valence-electron chi connectivity index (χ2n) is 10.7. The lowest BCUT2D eigenvalue weighted by atomic mass is 9.73. The van der Waals surface area contributed by atoms with E-state index >= 15 is 0 Å². The molecule has 1 saturated carbocycles. The summed E-state index contributed by atoms with van der Waals surface area (Å²) in [7, 11) is 0. The summed E-state index contributed by atoms with van der Waals surface area (Å²) in [6.07, 6.45) is 5.45. The molecule has 178 valence electrons. The van der Waals surface area contributed by atoms with Crippen LogP contribution in [0.4, 0.5) is 11.8 Å². The number of aryl methyl sites for hydroxylation is 1. The van der Waals surface area contributed by atoms with Crippen molar-refractivity contribution in [3.05, 3.63) is 52.7 Å². The van der Waals surface area contributed by atoms with Crippen LogP contribution in [0.2, 0.25) is 5.02 Å². The third kappa shape index (κ3) is 3.39. The van der Waals surface area contributed by atoms with Gasteiger partial charge in [-0.2, -0.15) is 5.26 Å². The number of halogens is 1. The molecule has 1 aliphatic carbocycles. The minimum Gasteiger partial charge on any atom is -0.354 e. The molecule has 2 aromatic heterocycles. The molecule has 5 heterocycles. The normalized spacial score (nSPS) is 21.4. The molecule has 4 aliphatic rings. The summed E-state index contributed by atoms with van der Waals surface area (Å²) in [5.41, 5.74) is 3.26. The zero-order valence-electron chi connectivity index (χ0n) is 19.7. The molecule has 7 rings (SSSR count). The van der Waals surface area contributed by atoms with E-state index in [4.69, 9.17) is 11.6 Å². The van der Waals surface area contributed by atoms with E-state index < -0.39 is 0 Å². The molecule has 0 bridgehead atoms. The van der Waals surface area contributed by atoms with Gasteiger partial charge in [-0.15, -0.1) is 10.2 Å². The average Bonchev–Trinajstić information content (AvgIpc) is 3.48. The number of anilines is 2. The summed E-state index contributed by atoms with van der Waals surface area (Å²) in [6, 6.07) is 8.58. The monoisotopic (exact) mass is 487 g/mol. The first-order chi connectivity index (χ1) is 17.0. The van der Waals surface area contributed by atoms with Crippen LogP contribution < -0.4 is 9.80 Å². The molecule has 3 aliphatic heterocycles. The Morgan fingerprint density at radius 1 is 1.03 bits per heavy atom. The maximum absolute atomic E-state index is 9.64. The third-order valence-electron chi connectivity index (χ3n) is 7.91. The first-order valence-corrected chi connectivity index (χ1v) is 12.5. The van der Waals surface area contributed by atoms with Crippen LogP contribution in [0.1, 0.15) is 29.9 Å². The van der Waals surface area contributed by atoms with E-state index in [2.05, 4.69) is 51.6 Å². The molecular weight excluding hydrogens is 462 g/mol. The van der Waals surface area contributed by atoms with Gasteiger partial charge in [-0.25, -0.2) is 4.98 Å². The highest BCUT2D eigenvalue weighted by Gasteiger charge is 2.54. The predicted molar refractivity (Wildman–Crippen MR) is 131 cm³/mol. The smallest absolute Gasteiger partial charge is 0.231 e. The molecule has 10 heteroatoms. The Bertz CT molecular complexity index is 1360. The van der Waals surface area contributed by atoms with Crippen LogP contribution in [0.3, 0.4) is 0 Å². The van der Waals surface area contributed by atoms with Gasteiger partial charge in [0, 0.05) is 62.1 Å². The molecule has 2 saturated heterocycles. The van der Waals surface area contributed by atoms with Gasteiger partial charge in [-0.3, -0.25) is 14.5 Å². The molecule has 0 unspecified atom stereocenters. The average molecular weight is 488 g/mol.